The van der Waals surface area contributed by atoms with Gasteiger partial charge in [0, 0.05) is 24.5 Å². The second-order valence-electron chi connectivity index (χ2n) is 6.52. The first-order valence-electron chi connectivity index (χ1n) is 8.46. The van der Waals surface area contributed by atoms with Crippen LogP contribution in [0.15, 0.2) is 22.6 Å². The molecule has 0 radical (unpaired) electrons. The van der Waals surface area contributed by atoms with Gasteiger partial charge in [-0.15, -0.1) is 0 Å². The molecule has 0 fully saturated rings. The molecule has 2 aromatic rings. The van der Waals surface area contributed by atoms with Gasteiger partial charge in [0.05, 0.1) is 13.2 Å². The number of hydrogen-bond donors (Lipinski definition) is 1. The number of carbonyl (C=O) groups excluding carboxylic acids is 1. The zero-order valence-corrected chi connectivity index (χ0v) is 15.5. The van der Waals surface area contributed by atoms with Crippen molar-refractivity contribution < 1.29 is 13.9 Å². The minimum Gasteiger partial charge on any atom is -0.497 e. The molecule has 0 saturated heterocycles. The van der Waals surface area contributed by atoms with Gasteiger partial charge in [0.2, 0.25) is 0 Å². The first-order valence-corrected chi connectivity index (χ1v) is 8.46. The van der Waals surface area contributed by atoms with Crippen molar-refractivity contribution in [2.24, 2.45) is 5.92 Å². The molecule has 1 aromatic heterocycles. The topological polar surface area (TPSA) is 54.7 Å². The van der Waals surface area contributed by atoms with Gasteiger partial charge in [-0.25, -0.2) is 4.79 Å². The van der Waals surface area contributed by atoms with Crippen LogP contribution in [0.4, 0.5) is 4.79 Å². The highest BCUT2D eigenvalue weighted by Gasteiger charge is 2.20. The Labute approximate surface area is 144 Å². The first-order chi connectivity index (χ1) is 11.4. The molecule has 0 bridgehead atoms. The number of ether oxygens (including phenoxy) is 1. The largest absolute Gasteiger partial charge is 0.497 e. The van der Waals surface area contributed by atoms with Gasteiger partial charge in [-0.05, 0) is 38.0 Å². The second-order valence-corrected chi connectivity index (χ2v) is 6.52. The van der Waals surface area contributed by atoms with Gasteiger partial charge in [0.15, 0.2) is 0 Å². The van der Waals surface area contributed by atoms with Crippen LogP contribution in [0.1, 0.15) is 44.6 Å². The van der Waals surface area contributed by atoms with E-state index < -0.39 is 0 Å². The average Bonchev–Trinajstić information content (AvgIpc) is 2.90. The third-order valence-electron chi connectivity index (χ3n) is 4.54. The number of furan rings is 1. The van der Waals surface area contributed by atoms with Crippen molar-refractivity contribution in [2.45, 2.75) is 40.2 Å². The first kappa shape index (κ1) is 18.2. The summed E-state index contributed by atoms with van der Waals surface area (Å²) < 4.78 is 11.2. The SMILES string of the molecule is CCC(C)CN(C)C(=O)NC(C)c1oc2ccc(OC)cc2c1C. The Morgan fingerprint density at radius 1 is 1.38 bits per heavy atom. The number of benzene rings is 1. The van der Waals surface area contributed by atoms with Crippen LogP contribution < -0.4 is 10.1 Å². The van der Waals surface area contributed by atoms with E-state index >= 15 is 0 Å². The van der Waals surface area contributed by atoms with E-state index in [1.54, 1.807) is 12.0 Å². The van der Waals surface area contributed by atoms with Crippen LogP contribution >= 0.6 is 0 Å². The van der Waals surface area contributed by atoms with E-state index in [1.807, 2.05) is 39.1 Å². The lowest BCUT2D eigenvalue weighted by atomic mass is 10.1. The van der Waals surface area contributed by atoms with Gasteiger partial charge >= 0.3 is 6.03 Å². The Kier molecular flexibility index (Phi) is 5.75. The van der Waals surface area contributed by atoms with E-state index in [0.29, 0.717) is 5.92 Å². The number of aryl methyl sites for hydroxylation is 1. The van der Waals surface area contributed by atoms with Crippen LogP contribution in [-0.4, -0.2) is 31.6 Å². The predicted octanol–water partition coefficient (Wildman–Crippen LogP) is 4.50. The zero-order valence-electron chi connectivity index (χ0n) is 15.5. The quantitative estimate of drug-likeness (QED) is 0.847. The molecule has 1 N–H and O–H groups in total. The van der Waals surface area contributed by atoms with Gasteiger partial charge < -0.3 is 19.4 Å². The lowest BCUT2D eigenvalue weighted by Crippen LogP contribution is -2.40. The molecule has 5 heteroatoms. The summed E-state index contributed by atoms with van der Waals surface area (Å²) in [6.45, 7) is 8.96. The third kappa shape index (κ3) is 3.83. The van der Waals surface area contributed by atoms with E-state index in [0.717, 1.165) is 41.0 Å². The Morgan fingerprint density at radius 2 is 2.08 bits per heavy atom. The number of urea groups is 1. The van der Waals surface area contributed by atoms with Crippen molar-refractivity contribution in [1.29, 1.82) is 0 Å². The Morgan fingerprint density at radius 3 is 2.71 bits per heavy atom. The summed E-state index contributed by atoms with van der Waals surface area (Å²) in [7, 11) is 3.47. The maximum atomic E-state index is 12.4. The van der Waals surface area contributed by atoms with E-state index in [-0.39, 0.29) is 12.1 Å². The predicted molar refractivity (Wildman–Crippen MR) is 96.5 cm³/mol. The van der Waals surface area contributed by atoms with Crippen molar-refractivity contribution in [3.63, 3.8) is 0 Å². The fraction of sp³-hybridized carbons (Fsp3) is 0.526. The van der Waals surface area contributed by atoms with Gasteiger partial charge in [-0.1, -0.05) is 20.3 Å². The summed E-state index contributed by atoms with van der Waals surface area (Å²) in [5, 5.41) is 4.03. The lowest BCUT2D eigenvalue weighted by molar-refractivity contribution is 0.196. The highest BCUT2D eigenvalue weighted by Crippen LogP contribution is 2.31. The molecule has 0 aliphatic heterocycles. The van der Waals surface area contributed by atoms with Gasteiger partial charge in [-0.3, -0.25) is 0 Å². The fourth-order valence-electron chi connectivity index (χ4n) is 2.80. The molecule has 2 rings (SSSR count). The van der Waals surface area contributed by atoms with Crippen LogP contribution in [0, 0.1) is 12.8 Å². The fourth-order valence-corrected chi connectivity index (χ4v) is 2.80. The van der Waals surface area contributed by atoms with Crippen molar-refractivity contribution in [3.05, 3.63) is 29.5 Å². The minimum atomic E-state index is -0.199. The number of hydrogen-bond acceptors (Lipinski definition) is 3. The molecule has 2 unspecified atom stereocenters. The van der Waals surface area contributed by atoms with Crippen LogP contribution in [0.25, 0.3) is 11.0 Å². The van der Waals surface area contributed by atoms with Gasteiger partial charge in [-0.2, -0.15) is 0 Å². The molecule has 2 amide bonds. The summed E-state index contributed by atoms with van der Waals surface area (Å²) in [6.07, 6.45) is 1.05. The van der Waals surface area contributed by atoms with Crippen LogP contribution in [0.5, 0.6) is 5.75 Å². The molecule has 1 aromatic carbocycles. The maximum Gasteiger partial charge on any atom is 0.317 e. The molecule has 0 aliphatic rings. The molecule has 0 spiro atoms. The highest BCUT2D eigenvalue weighted by molar-refractivity contribution is 5.84. The summed E-state index contributed by atoms with van der Waals surface area (Å²) >= 11 is 0. The van der Waals surface area contributed by atoms with Gasteiger partial charge in [0.1, 0.15) is 17.1 Å². The van der Waals surface area contributed by atoms with Crippen molar-refractivity contribution in [1.82, 2.24) is 10.2 Å². The van der Waals surface area contributed by atoms with Crippen molar-refractivity contribution >= 4 is 17.0 Å². The van der Waals surface area contributed by atoms with Crippen LogP contribution in [0.3, 0.4) is 0 Å². The number of methoxy groups -OCH3 is 1. The van der Waals surface area contributed by atoms with Crippen molar-refractivity contribution in [3.8, 4) is 5.75 Å². The smallest absolute Gasteiger partial charge is 0.317 e. The van der Waals surface area contributed by atoms with Crippen molar-refractivity contribution in [2.75, 3.05) is 20.7 Å². The molecule has 5 nitrogen and oxygen atoms in total. The van der Waals surface area contributed by atoms with E-state index in [2.05, 4.69) is 19.2 Å². The van der Waals surface area contributed by atoms with E-state index in [4.69, 9.17) is 9.15 Å². The summed E-state index contributed by atoms with van der Waals surface area (Å²) in [4.78, 5) is 14.1. The Bertz CT molecular complexity index is 708. The number of nitrogens with zero attached hydrogens (tertiary/aromatic N) is 1. The van der Waals surface area contributed by atoms with Crippen LogP contribution in [0.2, 0.25) is 0 Å². The zero-order chi connectivity index (χ0) is 17.9. The molecule has 24 heavy (non-hydrogen) atoms. The summed E-state index contributed by atoms with van der Waals surface area (Å²) in [5.74, 6) is 2.06. The molecule has 0 saturated carbocycles. The monoisotopic (exact) mass is 332 g/mol. The molecule has 0 aliphatic carbocycles. The number of rotatable bonds is 6. The molecular formula is C19H28N2O3. The van der Waals surface area contributed by atoms with Gasteiger partial charge in [0.25, 0.3) is 0 Å². The molecule has 132 valence electrons. The normalized spacial score (nSPS) is 13.6. The van der Waals surface area contributed by atoms with Crippen LogP contribution in [-0.2, 0) is 0 Å². The Balaban J connectivity index is 2.14. The second kappa shape index (κ2) is 7.60. The number of amides is 2. The highest BCUT2D eigenvalue weighted by atomic mass is 16.5. The van der Waals surface area contributed by atoms with E-state index in [9.17, 15) is 4.79 Å². The molecule has 1 heterocycles. The maximum absolute atomic E-state index is 12.4. The molecule has 2 atom stereocenters. The number of nitrogens with one attached hydrogen (secondary N) is 1. The number of carbonyl (C=O) groups is 1. The summed E-state index contributed by atoms with van der Waals surface area (Å²) in [6, 6.07) is 5.45. The lowest BCUT2D eigenvalue weighted by Gasteiger charge is -2.23. The number of fused-ring (bicyclic) bond motifs is 1. The minimum absolute atomic E-state index is 0.0831. The standard InChI is InChI=1S/C19H28N2O3/c1-7-12(2)11-21(5)19(22)20-14(4)18-13(3)16-10-15(23-6)8-9-17(16)24-18/h8-10,12,14H,7,11H2,1-6H3,(H,20,22). The Hall–Kier alpha value is -2.17. The average molecular weight is 332 g/mol. The van der Waals surface area contributed by atoms with E-state index in [1.165, 1.54) is 0 Å². The third-order valence-corrected chi connectivity index (χ3v) is 4.54. The molecular weight excluding hydrogens is 304 g/mol. The summed E-state index contributed by atoms with van der Waals surface area (Å²) in [5.41, 5.74) is 1.83.